The third-order valence-corrected chi connectivity index (χ3v) is 1.96. The molecule has 0 aliphatic heterocycles. The first-order valence-corrected chi connectivity index (χ1v) is 4.73. The molecule has 4 nitrogen and oxygen atoms in total. The summed E-state index contributed by atoms with van der Waals surface area (Å²) < 4.78 is 0. The summed E-state index contributed by atoms with van der Waals surface area (Å²) >= 11 is 0. The fraction of sp³-hybridized carbons (Fsp3) is 0.889. The highest BCUT2D eigenvalue weighted by atomic mass is 16.2. The molecule has 0 aromatic carbocycles. The van der Waals surface area contributed by atoms with Crippen LogP contribution in [-0.4, -0.2) is 38.1 Å². The van der Waals surface area contributed by atoms with E-state index < -0.39 is 0 Å². The van der Waals surface area contributed by atoms with Crippen LogP contribution in [0, 0.1) is 5.92 Å². The number of nitrogens with one attached hydrogen (secondary N) is 1. The fourth-order valence-corrected chi connectivity index (χ4v) is 0.922. The van der Waals surface area contributed by atoms with Gasteiger partial charge in [0.2, 0.25) is 0 Å². The maximum Gasteiger partial charge on any atom is 0.316 e. The van der Waals surface area contributed by atoms with Crippen molar-refractivity contribution in [3.05, 3.63) is 0 Å². The standard InChI is InChI=1S/C9H21N3O/c1-8(7-10)5-4-6-11-9(13)12(2)3/h8H,4-7,10H2,1-3H3,(H,11,13). The van der Waals surface area contributed by atoms with E-state index in [0.29, 0.717) is 5.92 Å². The first-order chi connectivity index (χ1) is 6.07. The van der Waals surface area contributed by atoms with Gasteiger partial charge in [-0.25, -0.2) is 4.79 Å². The minimum absolute atomic E-state index is 0.0274. The molecule has 0 aliphatic rings. The second kappa shape index (κ2) is 6.71. The molecule has 0 heterocycles. The Bertz CT molecular complexity index is 148. The van der Waals surface area contributed by atoms with Gasteiger partial charge in [0.15, 0.2) is 0 Å². The first-order valence-electron chi connectivity index (χ1n) is 4.73. The Hall–Kier alpha value is -0.770. The summed E-state index contributed by atoms with van der Waals surface area (Å²) in [4.78, 5) is 12.6. The van der Waals surface area contributed by atoms with Crippen LogP contribution < -0.4 is 11.1 Å². The Labute approximate surface area is 80.5 Å². The Kier molecular flexibility index (Phi) is 6.32. The molecular weight excluding hydrogens is 166 g/mol. The van der Waals surface area contributed by atoms with Gasteiger partial charge in [0, 0.05) is 20.6 Å². The Morgan fingerprint density at radius 2 is 2.15 bits per heavy atom. The quantitative estimate of drug-likeness (QED) is 0.620. The summed E-state index contributed by atoms with van der Waals surface area (Å²) in [5.74, 6) is 0.552. The van der Waals surface area contributed by atoms with Crippen molar-refractivity contribution in [3.63, 3.8) is 0 Å². The van der Waals surface area contributed by atoms with Gasteiger partial charge in [0.1, 0.15) is 0 Å². The number of hydrogen-bond donors (Lipinski definition) is 2. The average Bonchev–Trinajstić information content (AvgIpc) is 2.11. The molecule has 13 heavy (non-hydrogen) atoms. The third kappa shape index (κ3) is 6.40. The minimum Gasteiger partial charge on any atom is -0.338 e. The molecular formula is C9H21N3O. The summed E-state index contributed by atoms with van der Waals surface area (Å²) in [5, 5.41) is 2.81. The van der Waals surface area contributed by atoms with Gasteiger partial charge < -0.3 is 16.0 Å². The molecule has 2 amide bonds. The molecule has 0 bridgehead atoms. The summed E-state index contributed by atoms with van der Waals surface area (Å²) in [6, 6.07) is -0.0274. The van der Waals surface area contributed by atoms with Crippen molar-refractivity contribution in [2.45, 2.75) is 19.8 Å². The number of urea groups is 1. The van der Waals surface area contributed by atoms with E-state index in [4.69, 9.17) is 5.73 Å². The lowest BCUT2D eigenvalue weighted by molar-refractivity contribution is 0.217. The van der Waals surface area contributed by atoms with Crippen molar-refractivity contribution < 1.29 is 4.79 Å². The lowest BCUT2D eigenvalue weighted by Gasteiger charge is -2.12. The van der Waals surface area contributed by atoms with Crippen LogP contribution in [-0.2, 0) is 0 Å². The highest BCUT2D eigenvalue weighted by Crippen LogP contribution is 2.01. The van der Waals surface area contributed by atoms with Crippen molar-refractivity contribution in [1.82, 2.24) is 10.2 Å². The molecule has 0 saturated heterocycles. The fourth-order valence-electron chi connectivity index (χ4n) is 0.922. The van der Waals surface area contributed by atoms with Crippen molar-refractivity contribution in [3.8, 4) is 0 Å². The van der Waals surface area contributed by atoms with Gasteiger partial charge >= 0.3 is 6.03 Å². The molecule has 0 rings (SSSR count). The van der Waals surface area contributed by atoms with Crippen LogP contribution in [0.25, 0.3) is 0 Å². The summed E-state index contributed by atoms with van der Waals surface area (Å²) in [6.45, 7) is 3.58. The van der Waals surface area contributed by atoms with Gasteiger partial charge in [-0.15, -0.1) is 0 Å². The van der Waals surface area contributed by atoms with Crippen LogP contribution in [0.5, 0.6) is 0 Å². The predicted molar refractivity (Wildman–Crippen MR) is 54.5 cm³/mol. The zero-order valence-corrected chi connectivity index (χ0v) is 8.84. The molecule has 1 atom stereocenters. The second-order valence-corrected chi connectivity index (χ2v) is 3.61. The zero-order chi connectivity index (χ0) is 10.3. The third-order valence-electron chi connectivity index (χ3n) is 1.96. The highest BCUT2D eigenvalue weighted by molar-refractivity contribution is 5.73. The molecule has 0 aromatic heterocycles. The Morgan fingerprint density at radius 1 is 1.54 bits per heavy atom. The number of carbonyl (C=O) groups excluding carboxylic acids is 1. The van der Waals surface area contributed by atoms with E-state index in [1.54, 1.807) is 14.1 Å². The summed E-state index contributed by atoms with van der Waals surface area (Å²) in [5.41, 5.74) is 5.47. The molecule has 4 heteroatoms. The first kappa shape index (κ1) is 12.2. The molecule has 0 aromatic rings. The number of nitrogens with two attached hydrogens (primary N) is 1. The maximum absolute atomic E-state index is 11.0. The maximum atomic E-state index is 11.0. The highest BCUT2D eigenvalue weighted by Gasteiger charge is 2.02. The second-order valence-electron chi connectivity index (χ2n) is 3.61. The molecule has 0 aliphatic carbocycles. The number of amides is 2. The molecule has 78 valence electrons. The van der Waals surface area contributed by atoms with E-state index in [-0.39, 0.29) is 6.03 Å². The Balaban J connectivity index is 3.31. The summed E-state index contributed by atoms with van der Waals surface area (Å²) in [7, 11) is 3.47. The number of nitrogens with zero attached hydrogens (tertiary/aromatic N) is 1. The average molecular weight is 187 g/mol. The van der Waals surface area contributed by atoms with Crippen LogP contribution >= 0.6 is 0 Å². The van der Waals surface area contributed by atoms with Crippen LogP contribution in [0.3, 0.4) is 0 Å². The normalized spacial score (nSPS) is 12.3. The summed E-state index contributed by atoms with van der Waals surface area (Å²) in [6.07, 6.45) is 2.07. The van der Waals surface area contributed by atoms with Gasteiger partial charge in [-0.2, -0.15) is 0 Å². The molecule has 0 saturated carbocycles. The largest absolute Gasteiger partial charge is 0.338 e. The topological polar surface area (TPSA) is 58.4 Å². The van der Waals surface area contributed by atoms with Crippen LogP contribution in [0.4, 0.5) is 4.79 Å². The van der Waals surface area contributed by atoms with E-state index in [0.717, 1.165) is 25.9 Å². The van der Waals surface area contributed by atoms with Gasteiger partial charge in [-0.1, -0.05) is 6.92 Å². The lowest BCUT2D eigenvalue weighted by atomic mass is 10.1. The predicted octanol–water partition coefficient (Wildman–Crippen LogP) is 0.633. The molecule has 0 radical (unpaired) electrons. The smallest absolute Gasteiger partial charge is 0.316 e. The van der Waals surface area contributed by atoms with E-state index in [9.17, 15) is 4.79 Å². The number of rotatable bonds is 5. The van der Waals surface area contributed by atoms with Crippen molar-refractivity contribution >= 4 is 6.03 Å². The van der Waals surface area contributed by atoms with Gasteiger partial charge in [0.05, 0.1) is 0 Å². The Morgan fingerprint density at radius 3 is 2.62 bits per heavy atom. The molecule has 3 N–H and O–H groups in total. The number of hydrogen-bond acceptors (Lipinski definition) is 2. The van der Waals surface area contributed by atoms with Crippen molar-refractivity contribution in [1.29, 1.82) is 0 Å². The van der Waals surface area contributed by atoms with E-state index in [1.807, 2.05) is 0 Å². The number of carbonyl (C=O) groups is 1. The minimum atomic E-state index is -0.0274. The van der Waals surface area contributed by atoms with Crippen LogP contribution in [0.2, 0.25) is 0 Å². The van der Waals surface area contributed by atoms with Crippen LogP contribution in [0.1, 0.15) is 19.8 Å². The molecule has 0 fully saturated rings. The van der Waals surface area contributed by atoms with Gasteiger partial charge in [-0.3, -0.25) is 0 Å². The van der Waals surface area contributed by atoms with Gasteiger partial charge in [-0.05, 0) is 25.3 Å². The lowest BCUT2D eigenvalue weighted by Crippen LogP contribution is -2.35. The van der Waals surface area contributed by atoms with Crippen LogP contribution in [0.15, 0.2) is 0 Å². The van der Waals surface area contributed by atoms with Gasteiger partial charge in [0.25, 0.3) is 0 Å². The van der Waals surface area contributed by atoms with E-state index in [2.05, 4.69) is 12.2 Å². The van der Waals surface area contributed by atoms with E-state index in [1.165, 1.54) is 4.90 Å². The molecule has 1 unspecified atom stereocenters. The van der Waals surface area contributed by atoms with Crippen molar-refractivity contribution in [2.75, 3.05) is 27.2 Å². The monoisotopic (exact) mass is 187 g/mol. The zero-order valence-electron chi connectivity index (χ0n) is 8.84. The van der Waals surface area contributed by atoms with E-state index >= 15 is 0 Å². The SMILES string of the molecule is CC(CN)CCCNC(=O)N(C)C. The molecule has 0 spiro atoms. The van der Waals surface area contributed by atoms with Crippen molar-refractivity contribution in [2.24, 2.45) is 11.7 Å².